The molecule has 17 heavy (non-hydrogen) atoms. The van der Waals surface area contributed by atoms with E-state index in [2.05, 4.69) is 10.2 Å². The molecule has 2 fully saturated rings. The fourth-order valence-corrected chi connectivity index (χ4v) is 2.97. The Bertz CT molecular complexity index is 229. The highest BCUT2D eigenvalue weighted by Gasteiger charge is 2.34. The molecule has 0 amide bonds. The van der Waals surface area contributed by atoms with Crippen molar-refractivity contribution in [2.45, 2.75) is 44.2 Å². The second-order valence-electron chi connectivity index (χ2n) is 4.91. The highest BCUT2D eigenvalue weighted by molar-refractivity contribution is 4.93. The number of alkyl halides is 2. The average Bonchev–Trinajstić information content (AvgIpc) is 2.72. The minimum atomic E-state index is -2.35. The number of rotatable bonds is 6. The fourth-order valence-electron chi connectivity index (χ4n) is 2.97. The van der Waals surface area contributed by atoms with E-state index in [9.17, 15) is 8.78 Å². The van der Waals surface area contributed by atoms with Crippen molar-refractivity contribution in [3.8, 4) is 0 Å². The molecule has 2 heterocycles. The summed E-state index contributed by atoms with van der Waals surface area (Å²) in [7, 11) is 0. The van der Waals surface area contributed by atoms with Crippen LogP contribution in [0.15, 0.2) is 0 Å². The Morgan fingerprint density at radius 1 is 1.24 bits per heavy atom. The number of ether oxygens (including phenoxy) is 1. The van der Waals surface area contributed by atoms with Gasteiger partial charge in [-0.15, -0.1) is 0 Å². The van der Waals surface area contributed by atoms with Crippen LogP contribution >= 0.6 is 0 Å². The summed E-state index contributed by atoms with van der Waals surface area (Å²) in [6.07, 6.45) is 2.74. The molecule has 2 atom stereocenters. The summed E-state index contributed by atoms with van der Waals surface area (Å²) in [6, 6.07) is 1.20. The van der Waals surface area contributed by atoms with Gasteiger partial charge in [0.25, 0.3) is 6.43 Å². The fraction of sp³-hybridized carbons (Fsp3) is 1.00. The van der Waals surface area contributed by atoms with E-state index in [0.29, 0.717) is 25.2 Å². The van der Waals surface area contributed by atoms with Gasteiger partial charge in [0, 0.05) is 25.2 Å². The zero-order valence-electron chi connectivity index (χ0n) is 10.2. The highest BCUT2D eigenvalue weighted by Crippen LogP contribution is 2.26. The molecule has 0 radical (unpaired) electrons. The first-order valence-corrected chi connectivity index (χ1v) is 6.60. The summed E-state index contributed by atoms with van der Waals surface area (Å²) in [5.41, 5.74) is 0. The van der Waals surface area contributed by atoms with Gasteiger partial charge in [-0.1, -0.05) is 6.42 Å². The van der Waals surface area contributed by atoms with Gasteiger partial charge < -0.3 is 10.1 Å². The molecule has 3 nitrogen and oxygen atoms in total. The van der Waals surface area contributed by atoms with Gasteiger partial charge in [-0.2, -0.15) is 0 Å². The predicted molar refractivity (Wildman–Crippen MR) is 62.4 cm³/mol. The van der Waals surface area contributed by atoms with E-state index in [1.54, 1.807) is 0 Å². The number of piperidine rings is 1. The van der Waals surface area contributed by atoms with Crippen LogP contribution in [0.25, 0.3) is 0 Å². The number of halogens is 2. The van der Waals surface area contributed by atoms with Crippen LogP contribution in [0.1, 0.15) is 25.7 Å². The molecule has 2 unspecified atom stereocenters. The lowest BCUT2D eigenvalue weighted by atomic mass is 9.99. The van der Waals surface area contributed by atoms with Gasteiger partial charge in [-0.05, 0) is 25.8 Å². The van der Waals surface area contributed by atoms with E-state index in [-0.39, 0.29) is 0 Å². The Morgan fingerprint density at radius 2 is 2.12 bits per heavy atom. The normalized spacial score (nSPS) is 29.8. The molecule has 5 heteroatoms. The van der Waals surface area contributed by atoms with E-state index in [0.717, 1.165) is 0 Å². The van der Waals surface area contributed by atoms with E-state index in [1.807, 2.05) is 0 Å². The van der Waals surface area contributed by atoms with Crippen LogP contribution < -0.4 is 5.32 Å². The number of fused-ring (bicyclic) bond motifs is 1. The van der Waals surface area contributed by atoms with Gasteiger partial charge in [-0.3, -0.25) is 4.90 Å². The maximum Gasteiger partial charge on any atom is 0.261 e. The molecule has 0 bridgehead atoms. The number of nitrogens with zero attached hydrogens (tertiary/aromatic N) is 1. The average molecular weight is 248 g/mol. The molecule has 2 saturated heterocycles. The standard InChI is InChI=1S/C12H22F2N2O/c13-12(14)9-17-8-5-15-10-4-7-16-6-2-1-3-11(10)16/h10-12,15H,1-9H2. The molecule has 0 spiro atoms. The SMILES string of the molecule is FC(F)COCCNC1CCN2CCCCC12. The largest absolute Gasteiger partial charge is 0.374 e. The van der Waals surface area contributed by atoms with Crippen molar-refractivity contribution in [2.75, 3.05) is 32.8 Å². The first-order valence-electron chi connectivity index (χ1n) is 6.60. The van der Waals surface area contributed by atoms with Crippen LogP contribution in [-0.2, 0) is 4.74 Å². The van der Waals surface area contributed by atoms with Gasteiger partial charge >= 0.3 is 0 Å². The van der Waals surface area contributed by atoms with Crippen molar-refractivity contribution in [3.05, 3.63) is 0 Å². The first-order chi connectivity index (χ1) is 8.27. The van der Waals surface area contributed by atoms with E-state index in [1.165, 1.54) is 38.8 Å². The third kappa shape index (κ3) is 3.86. The van der Waals surface area contributed by atoms with E-state index < -0.39 is 13.0 Å². The number of nitrogens with one attached hydrogen (secondary N) is 1. The van der Waals surface area contributed by atoms with E-state index >= 15 is 0 Å². The molecular formula is C12H22F2N2O. The van der Waals surface area contributed by atoms with Gasteiger partial charge in [0.2, 0.25) is 0 Å². The number of hydrogen-bond donors (Lipinski definition) is 1. The van der Waals surface area contributed by atoms with Crippen LogP contribution in [0.2, 0.25) is 0 Å². The quantitative estimate of drug-likeness (QED) is 0.721. The molecular weight excluding hydrogens is 226 g/mol. The van der Waals surface area contributed by atoms with Crippen molar-refractivity contribution in [3.63, 3.8) is 0 Å². The smallest absolute Gasteiger partial charge is 0.261 e. The molecule has 2 aliphatic rings. The summed E-state index contributed by atoms with van der Waals surface area (Å²) in [4.78, 5) is 2.56. The monoisotopic (exact) mass is 248 g/mol. The van der Waals surface area contributed by atoms with Gasteiger partial charge in [0.05, 0.1) is 6.61 Å². The summed E-state index contributed by atoms with van der Waals surface area (Å²) in [5, 5.41) is 3.44. The lowest BCUT2D eigenvalue weighted by Gasteiger charge is -2.32. The molecule has 0 aromatic rings. The van der Waals surface area contributed by atoms with Crippen LogP contribution in [0.3, 0.4) is 0 Å². The second-order valence-corrected chi connectivity index (χ2v) is 4.91. The summed E-state index contributed by atoms with van der Waals surface area (Å²) in [5.74, 6) is 0. The van der Waals surface area contributed by atoms with Crippen molar-refractivity contribution >= 4 is 0 Å². The molecule has 2 aliphatic heterocycles. The van der Waals surface area contributed by atoms with Crippen molar-refractivity contribution in [1.29, 1.82) is 0 Å². The predicted octanol–water partition coefficient (Wildman–Crippen LogP) is 1.48. The van der Waals surface area contributed by atoms with Crippen LogP contribution in [0, 0.1) is 0 Å². The maximum atomic E-state index is 11.8. The zero-order valence-corrected chi connectivity index (χ0v) is 10.2. The summed E-state index contributed by atoms with van der Waals surface area (Å²) in [6.45, 7) is 3.03. The van der Waals surface area contributed by atoms with Crippen molar-refractivity contribution in [2.24, 2.45) is 0 Å². The van der Waals surface area contributed by atoms with Gasteiger partial charge in [0.1, 0.15) is 6.61 Å². The molecule has 2 rings (SSSR count). The van der Waals surface area contributed by atoms with Crippen molar-refractivity contribution < 1.29 is 13.5 Å². The Hall–Kier alpha value is -0.260. The van der Waals surface area contributed by atoms with Gasteiger partial charge in [0.15, 0.2) is 0 Å². The molecule has 1 N–H and O–H groups in total. The molecule has 100 valence electrons. The Kier molecular flexibility index (Phi) is 5.13. The van der Waals surface area contributed by atoms with Crippen LogP contribution in [0.4, 0.5) is 8.78 Å². The van der Waals surface area contributed by atoms with Crippen LogP contribution in [-0.4, -0.2) is 56.3 Å². The summed E-state index contributed by atoms with van der Waals surface area (Å²) >= 11 is 0. The lowest BCUT2D eigenvalue weighted by molar-refractivity contribution is 0.0178. The molecule has 0 aromatic carbocycles. The highest BCUT2D eigenvalue weighted by atomic mass is 19.3. The lowest BCUT2D eigenvalue weighted by Crippen LogP contribution is -2.45. The molecule has 0 saturated carbocycles. The first kappa shape index (κ1) is 13.2. The Labute approximate surface area is 101 Å². The minimum Gasteiger partial charge on any atom is -0.374 e. The van der Waals surface area contributed by atoms with Crippen LogP contribution in [0.5, 0.6) is 0 Å². The topological polar surface area (TPSA) is 24.5 Å². The third-order valence-corrected chi connectivity index (χ3v) is 3.75. The third-order valence-electron chi connectivity index (χ3n) is 3.75. The van der Waals surface area contributed by atoms with Gasteiger partial charge in [-0.25, -0.2) is 8.78 Å². The zero-order chi connectivity index (χ0) is 12.1. The molecule has 0 aliphatic carbocycles. The Balaban J connectivity index is 1.59. The number of hydrogen-bond acceptors (Lipinski definition) is 3. The molecule has 0 aromatic heterocycles. The Morgan fingerprint density at radius 3 is 2.94 bits per heavy atom. The van der Waals surface area contributed by atoms with E-state index in [4.69, 9.17) is 4.74 Å². The maximum absolute atomic E-state index is 11.8. The minimum absolute atomic E-state index is 0.383. The summed E-state index contributed by atoms with van der Waals surface area (Å²) < 4.78 is 28.5. The van der Waals surface area contributed by atoms with Crippen molar-refractivity contribution in [1.82, 2.24) is 10.2 Å². The second kappa shape index (κ2) is 6.61.